The van der Waals surface area contributed by atoms with E-state index in [0.717, 1.165) is 11.1 Å². The number of aromatic hydroxyl groups is 6. The van der Waals surface area contributed by atoms with Gasteiger partial charge in [0, 0.05) is 25.0 Å². The van der Waals surface area contributed by atoms with Gasteiger partial charge in [-0.25, -0.2) is 0 Å². The van der Waals surface area contributed by atoms with Crippen molar-refractivity contribution < 1.29 is 30.6 Å². The summed E-state index contributed by atoms with van der Waals surface area (Å²) in [4.78, 5) is 0. The molecule has 4 rings (SSSR count). The van der Waals surface area contributed by atoms with E-state index in [2.05, 4.69) is 0 Å². The van der Waals surface area contributed by atoms with E-state index >= 15 is 0 Å². The van der Waals surface area contributed by atoms with Crippen LogP contribution in [-0.4, -0.2) is 30.6 Å². The number of aryl methyl sites for hydroxylation is 4. The maximum Gasteiger partial charge on any atom is 0.122 e. The highest BCUT2D eigenvalue weighted by atomic mass is 16.3. The van der Waals surface area contributed by atoms with Crippen LogP contribution in [0.1, 0.15) is 55.6 Å². The maximum absolute atomic E-state index is 10.7. The van der Waals surface area contributed by atoms with E-state index in [9.17, 15) is 30.6 Å². The molecular weight excluding hydrogens is 468 g/mol. The molecule has 0 fully saturated rings. The minimum Gasteiger partial charge on any atom is -0.508 e. The second kappa shape index (κ2) is 9.97. The molecule has 0 heterocycles. The summed E-state index contributed by atoms with van der Waals surface area (Å²) in [6.07, 6.45) is 1.14. The molecule has 0 spiro atoms. The molecule has 6 heteroatoms. The fourth-order valence-electron chi connectivity index (χ4n) is 4.76. The minimum atomic E-state index is -0.0305. The molecule has 0 radical (unpaired) electrons. The van der Waals surface area contributed by atoms with Crippen LogP contribution in [0.3, 0.4) is 0 Å². The van der Waals surface area contributed by atoms with E-state index in [4.69, 9.17) is 0 Å². The van der Waals surface area contributed by atoms with Crippen LogP contribution in [0.15, 0.2) is 48.5 Å². The van der Waals surface area contributed by atoms with E-state index in [0.29, 0.717) is 63.8 Å². The smallest absolute Gasteiger partial charge is 0.122 e. The Kier molecular flexibility index (Phi) is 6.94. The third-order valence-electron chi connectivity index (χ3n) is 6.84. The van der Waals surface area contributed by atoms with Crippen molar-refractivity contribution in [2.75, 3.05) is 0 Å². The summed E-state index contributed by atoms with van der Waals surface area (Å²) < 4.78 is 0. The molecule has 0 aliphatic heterocycles. The van der Waals surface area contributed by atoms with Crippen molar-refractivity contribution in [2.45, 2.75) is 47.0 Å². The van der Waals surface area contributed by atoms with Crippen LogP contribution in [0.5, 0.6) is 34.5 Å². The van der Waals surface area contributed by atoms with Crippen molar-refractivity contribution in [3.63, 3.8) is 0 Å². The first-order chi connectivity index (χ1) is 17.4. The summed E-state index contributed by atoms with van der Waals surface area (Å²) in [5.41, 5.74) is 7.16. The van der Waals surface area contributed by atoms with E-state index in [1.165, 1.54) is 12.1 Å². The molecule has 0 bridgehead atoms. The molecule has 0 saturated heterocycles. The third kappa shape index (κ3) is 5.43. The second-order valence-corrected chi connectivity index (χ2v) is 9.91. The molecule has 37 heavy (non-hydrogen) atoms. The van der Waals surface area contributed by atoms with E-state index < -0.39 is 0 Å². The van der Waals surface area contributed by atoms with Gasteiger partial charge in [-0.15, -0.1) is 0 Å². The first-order valence-corrected chi connectivity index (χ1v) is 12.1. The lowest BCUT2D eigenvalue weighted by atomic mass is 9.92. The van der Waals surface area contributed by atoms with Crippen LogP contribution in [0.2, 0.25) is 0 Å². The third-order valence-corrected chi connectivity index (χ3v) is 6.84. The van der Waals surface area contributed by atoms with Gasteiger partial charge in [-0.05, 0) is 102 Å². The number of rotatable bonds is 6. The molecule has 6 nitrogen and oxygen atoms in total. The summed E-state index contributed by atoms with van der Waals surface area (Å²) in [7, 11) is 0. The standard InChI is InChI=1S/C31H32O6/c1-16-7-22(28(34)14-26(16)32)12-24-10-20(5-18(3)30(24)36)9-21-6-19(4)31(37)25(11-21)13-23-8-17(2)27(33)15-29(23)35/h5-8,10-11,14-15,32-37H,9,12-13H2,1-4H3. The average molecular weight is 501 g/mol. The first-order valence-electron chi connectivity index (χ1n) is 12.1. The van der Waals surface area contributed by atoms with E-state index in [1.54, 1.807) is 26.0 Å². The monoisotopic (exact) mass is 500 g/mol. The van der Waals surface area contributed by atoms with Crippen molar-refractivity contribution in [2.24, 2.45) is 0 Å². The molecule has 0 aromatic heterocycles. The Morgan fingerprint density at radius 3 is 1.14 bits per heavy atom. The summed E-state index contributed by atoms with van der Waals surface area (Å²) in [5, 5.41) is 61.7. The largest absolute Gasteiger partial charge is 0.508 e. The Morgan fingerprint density at radius 2 is 0.757 bits per heavy atom. The van der Waals surface area contributed by atoms with E-state index in [1.807, 2.05) is 38.1 Å². The minimum absolute atomic E-state index is 0.0182. The molecule has 6 N–H and O–H groups in total. The molecule has 0 atom stereocenters. The van der Waals surface area contributed by atoms with Gasteiger partial charge in [-0.3, -0.25) is 0 Å². The van der Waals surface area contributed by atoms with Crippen molar-refractivity contribution >= 4 is 0 Å². The Hall–Kier alpha value is -4.32. The summed E-state index contributed by atoms with van der Waals surface area (Å²) in [6, 6.07) is 13.7. The Balaban J connectivity index is 1.66. The lowest BCUT2D eigenvalue weighted by Gasteiger charge is -2.15. The van der Waals surface area contributed by atoms with Gasteiger partial charge >= 0.3 is 0 Å². The zero-order valence-electron chi connectivity index (χ0n) is 21.4. The SMILES string of the molecule is Cc1cc(Cc2cc(Cc3cc(C)c(O)c(Cc4cc(C)c(O)cc4O)c3)cc(C)c2O)c(O)cc1O. The molecule has 0 amide bonds. The quantitative estimate of drug-likeness (QED) is 0.195. The van der Waals surface area contributed by atoms with Crippen LogP contribution in [0.25, 0.3) is 0 Å². The molecule has 0 aliphatic carbocycles. The number of phenolic OH excluding ortho intramolecular Hbond substituents is 6. The highest BCUT2D eigenvalue weighted by Gasteiger charge is 2.15. The highest BCUT2D eigenvalue weighted by Crippen LogP contribution is 2.35. The Bertz CT molecular complexity index is 1390. The van der Waals surface area contributed by atoms with Crippen LogP contribution >= 0.6 is 0 Å². The maximum atomic E-state index is 10.7. The summed E-state index contributed by atoms with van der Waals surface area (Å²) >= 11 is 0. The molecular formula is C31H32O6. The Labute approximate surface area is 216 Å². The molecule has 0 saturated carbocycles. The molecule has 4 aromatic carbocycles. The van der Waals surface area contributed by atoms with Gasteiger partial charge in [0.15, 0.2) is 0 Å². The number of hydrogen-bond acceptors (Lipinski definition) is 6. The summed E-state index contributed by atoms with van der Waals surface area (Å²) in [5.74, 6) is 0.299. The lowest BCUT2D eigenvalue weighted by molar-refractivity contribution is 0.442. The fourth-order valence-corrected chi connectivity index (χ4v) is 4.76. The van der Waals surface area contributed by atoms with Crippen molar-refractivity contribution in [3.05, 3.63) is 104 Å². The van der Waals surface area contributed by atoms with Gasteiger partial charge < -0.3 is 30.6 Å². The van der Waals surface area contributed by atoms with Crippen molar-refractivity contribution in [3.8, 4) is 34.5 Å². The fraction of sp³-hybridized carbons (Fsp3) is 0.226. The van der Waals surface area contributed by atoms with Gasteiger partial charge in [0.2, 0.25) is 0 Å². The number of benzene rings is 4. The number of hydrogen-bond donors (Lipinski definition) is 6. The predicted molar refractivity (Wildman–Crippen MR) is 143 cm³/mol. The lowest BCUT2D eigenvalue weighted by Crippen LogP contribution is -1.99. The van der Waals surface area contributed by atoms with Crippen molar-refractivity contribution in [1.82, 2.24) is 0 Å². The van der Waals surface area contributed by atoms with Crippen LogP contribution < -0.4 is 0 Å². The van der Waals surface area contributed by atoms with Crippen LogP contribution in [0, 0.1) is 27.7 Å². The van der Waals surface area contributed by atoms with Gasteiger partial charge in [0.25, 0.3) is 0 Å². The highest BCUT2D eigenvalue weighted by molar-refractivity contribution is 5.53. The average Bonchev–Trinajstić information content (AvgIpc) is 2.82. The molecule has 0 aliphatic rings. The zero-order chi connectivity index (χ0) is 27.0. The predicted octanol–water partition coefficient (Wildman–Crippen LogP) is 5.93. The number of phenols is 6. The zero-order valence-corrected chi connectivity index (χ0v) is 21.4. The second-order valence-electron chi connectivity index (χ2n) is 9.91. The Morgan fingerprint density at radius 1 is 0.378 bits per heavy atom. The van der Waals surface area contributed by atoms with Crippen LogP contribution in [-0.2, 0) is 19.3 Å². The molecule has 4 aromatic rings. The van der Waals surface area contributed by atoms with Gasteiger partial charge in [-0.1, -0.05) is 24.3 Å². The van der Waals surface area contributed by atoms with E-state index in [-0.39, 0.29) is 34.5 Å². The first kappa shape index (κ1) is 25.8. The van der Waals surface area contributed by atoms with Gasteiger partial charge in [-0.2, -0.15) is 0 Å². The van der Waals surface area contributed by atoms with Crippen molar-refractivity contribution in [1.29, 1.82) is 0 Å². The molecule has 192 valence electrons. The van der Waals surface area contributed by atoms with Crippen LogP contribution in [0.4, 0.5) is 0 Å². The normalized spacial score (nSPS) is 11.1. The van der Waals surface area contributed by atoms with Gasteiger partial charge in [0.05, 0.1) is 0 Å². The summed E-state index contributed by atoms with van der Waals surface area (Å²) in [6.45, 7) is 7.16. The van der Waals surface area contributed by atoms with Gasteiger partial charge in [0.1, 0.15) is 34.5 Å². The molecule has 0 unspecified atom stereocenters. The topological polar surface area (TPSA) is 121 Å².